The lowest BCUT2D eigenvalue weighted by Crippen LogP contribution is -2.08. The summed E-state index contributed by atoms with van der Waals surface area (Å²) in [7, 11) is 0. The highest BCUT2D eigenvalue weighted by Gasteiger charge is 2.33. The number of benzene rings is 1. The number of alkyl halides is 3. The molecule has 0 fully saturated rings. The average molecular weight is 321 g/mol. The van der Waals surface area contributed by atoms with Gasteiger partial charge in [-0.05, 0) is 25.1 Å². The zero-order valence-electron chi connectivity index (χ0n) is 9.27. The highest BCUT2D eigenvalue weighted by Crippen LogP contribution is 2.33. The summed E-state index contributed by atoms with van der Waals surface area (Å²) < 4.78 is 42.9. The maximum atomic E-state index is 12.7. The molecule has 1 rings (SSSR count). The van der Waals surface area contributed by atoms with Gasteiger partial charge in [-0.3, -0.25) is 0 Å². The van der Waals surface area contributed by atoms with Gasteiger partial charge in [0.15, 0.2) is 0 Å². The van der Waals surface area contributed by atoms with Crippen molar-refractivity contribution in [2.24, 2.45) is 0 Å². The molecule has 0 unspecified atom stereocenters. The lowest BCUT2D eigenvalue weighted by atomic mass is 10.1. The van der Waals surface area contributed by atoms with Gasteiger partial charge in [0.2, 0.25) is 0 Å². The standard InChI is InChI=1S/C12H8BrF3O2/c1-2-18-11(17)6-4-8-3-5-9(13)7-10(8)12(14,15)16/h3,5,7H,2H2,1H3. The van der Waals surface area contributed by atoms with Gasteiger partial charge in [0.25, 0.3) is 0 Å². The zero-order valence-corrected chi connectivity index (χ0v) is 10.9. The number of rotatable bonds is 1. The maximum Gasteiger partial charge on any atom is 0.417 e. The second-order valence-electron chi connectivity index (χ2n) is 3.16. The molecule has 0 aliphatic carbocycles. The topological polar surface area (TPSA) is 26.3 Å². The summed E-state index contributed by atoms with van der Waals surface area (Å²) in [6.45, 7) is 1.71. The molecule has 0 radical (unpaired) electrons. The minimum Gasteiger partial charge on any atom is -0.456 e. The number of hydrogen-bond donors (Lipinski definition) is 0. The van der Waals surface area contributed by atoms with Crippen LogP contribution in [-0.2, 0) is 15.7 Å². The maximum absolute atomic E-state index is 12.7. The van der Waals surface area contributed by atoms with Crippen molar-refractivity contribution in [3.63, 3.8) is 0 Å². The molecule has 0 saturated heterocycles. The molecule has 0 N–H and O–H groups in total. The van der Waals surface area contributed by atoms with E-state index in [0.717, 1.165) is 6.07 Å². The van der Waals surface area contributed by atoms with Gasteiger partial charge in [-0.2, -0.15) is 13.2 Å². The molecule has 0 amide bonds. The van der Waals surface area contributed by atoms with Gasteiger partial charge in [-0.1, -0.05) is 21.9 Å². The highest BCUT2D eigenvalue weighted by atomic mass is 79.9. The number of halogens is 4. The first kappa shape index (κ1) is 14.6. The fraction of sp³-hybridized carbons (Fsp3) is 0.250. The zero-order chi connectivity index (χ0) is 13.8. The summed E-state index contributed by atoms with van der Waals surface area (Å²) in [6.07, 6.45) is -4.53. The van der Waals surface area contributed by atoms with E-state index in [1.165, 1.54) is 12.1 Å². The predicted molar refractivity (Wildman–Crippen MR) is 62.7 cm³/mol. The fourth-order valence-electron chi connectivity index (χ4n) is 1.15. The molecular formula is C12H8BrF3O2. The molecule has 96 valence electrons. The molecule has 1 aromatic rings. The van der Waals surface area contributed by atoms with Crippen LogP contribution in [0.2, 0.25) is 0 Å². The molecule has 0 atom stereocenters. The molecule has 2 nitrogen and oxygen atoms in total. The normalized spacial score (nSPS) is 10.5. The van der Waals surface area contributed by atoms with Crippen LogP contribution < -0.4 is 0 Å². The lowest BCUT2D eigenvalue weighted by molar-refractivity contribution is -0.138. The van der Waals surface area contributed by atoms with E-state index in [2.05, 4.69) is 26.6 Å². The van der Waals surface area contributed by atoms with Crippen molar-refractivity contribution in [2.45, 2.75) is 13.1 Å². The van der Waals surface area contributed by atoms with Gasteiger partial charge in [-0.25, -0.2) is 4.79 Å². The Hall–Kier alpha value is -1.48. The first-order chi connectivity index (χ1) is 8.34. The number of carbonyl (C=O) groups excluding carboxylic acids is 1. The van der Waals surface area contributed by atoms with Crippen molar-refractivity contribution in [2.75, 3.05) is 6.61 Å². The van der Waals surface area contributed by atoms with Crippen LogP contribution in [0.3, 0.4) is 0 Å². The van der Waals surface area contributed by atoms with Crippen LogP contribution >= 0.6 is 15.9 Å². The molecular weight excluding hydrogens is 313 g/mol. The molecule has 0 aliphatic heterocycles. The van der Waals surface area contributed by atoms with Gasteiger partial charge < -0.3 is 4.74 Å². The van der Waals surface area contributed by atoms with Crippen molar-refractivity contribution >= 4 is 21.9 Å². The van der Waals surface area contributed by atoms with Crippen molar-refractivity contribution in [3.05, 3.63) is 33.8 Å². The molecule has 18 heavy (non-hydrogen) atoms. The summed E-state index contributed by atoms with van der Waals surface area (Å²) in [5.41, 5.74) is -1.16. The van der Waals surface area contributed by atoms with E-state index in [4.69, 9.17) is 0 Å². The Morgan fingerprint density at radius 3 is 2.67 bits per heavy atom. The van der Waals surface area contributed by atoms with Gasteiger partial charge >= 0.3 is 12.1 Å². The van der Waals surface area contributed by atoms with Gasteiger partial charge in [0.05, 0.1) is 12.2 Å². The minimum atomic E-state index is -4.53. The molecule has 0 aromatic heterocycles. The van der Waals surface area contributed by atoms with Crippen molar-refractivity contribution in [3.8, 4) is 11.8 Å². The van der Waals surface area contributed by atoms with E-state index in [-0.39, 0.29) is 16.6 Å². The second kappa shape index (κ2) is 5.91. The van der Waals surface area contributed by atoms with Crippen LogP contribution in [0.4, 0.5) is 13.2 Å². The van der Waals surface area contributed by atoms with Crippen LogP contribution in [0.1, 0.15) is 18.1 Å². The van der Waals surface area contributed by atoms with E-state index < -0.39 is 17.7 Å². The number of carbonyl (C=O) groups is 1. The third-order valence-corrected chi connectivity index (χ3v) is 2.35. The largest absolute Gasteiger partial charge is 0.456 e. The molecule has 0 aliphatic rings. The van der Waals surface area contributed by atoms with Crippen LogP contribution in [0, 0.1) is 11.8 Å². The molecule has 6 heteroatoms. The fourth-order valence-corrected chi connectivity index (χ4v) is 1.51. The SMILES string of the molecule is CCOC(=O)C#Cc1ccc(Br)cc1C(F)(F)F. The minimum absolute atomic E-state index is 0.125. The second-order valence-corrected chi connectivity index (χ2v) is 4.07. The Balaban J connectivity index is 3.13. The molecule has 0 saturated carbocycles. The first-order valence-corrected chi connectivity index (χ1v) is 5.69. The van der Waals surface area contributed by atoms with Gasteiger partial charge in [0.1, 0.15) is 0 Å². The Kier molecular flexibility index (Phi) is 4.79. The van der Waals surface area contributed by atoms with Crippen LogP contribution in [0.25, 0.3) is 0 Å². The number of ether oxygens (including phenoxy) is 1. The van der Waals surface area contributed by atoms with Crippen LogP contribution in [0.15, 0.2) is 22.7 Å². The smallest absolute Gasteiger partial charge is 0.417 e. The Labute approximate surface area is 110 Å². The average Bonchev–Trinajstić information content (AvgIpc) is 2.26. The van der Waals surface area contributed by atoms with E-state index in [0.29, 0.717) is 0 Å². The monoisotopic (exact) mass is 320 g/mol. The van der Waals surface area contributed by atoms with Crippen molar-refractivity contribution in [1.82, 2.24) is 0 Å². The van der Waals surface area contributed by atoms with E-state index in [1.807, 2.05) is 5.92 Å². The Bertz CT molecular complexity index is 512. The number of esters is 1. The number of hydrogen-bond acceptors (Lipinski definition) is 2. The van der Waals surface area contributed by atoms with Crippen molar-refractivity contribution in [1.29, 1.82) is 0 Å². The predicted octanol–water partition coefficient (Wildman–Crippen LogP) is 3.38. The summed E-state index contributed by atoms with van der Waals surface area (Å²) in [4.78, 5) is 11.0. The third-order valence-electron chi connectivity index (χ3n) is 1.86. The van der Waals surface area contributed by atoms with E-state index >= 15 is 0 Å². The molecule has 0 bridgehead atoms. The molecule has 1 aromatic carbocycles. The Morgan fingerprint density at radius 1 is 1.44 bits per heavy atom. The van der Waals surface area contributed by atoms with E-state index in [1.54, 1.807) is 6.92 Å². The summed E-state index contributed by atoms with van der Waals surface area (Å²) in [5.74, 6) is 3.32. The highest BCUT2D eigenvalue weighted by molar-refractivity contribution is 9.10. The Morgan fingerprint density at radius 2 is 2.11 bits per heavy atom. The first-order valence-electron chi connectivity index (χ1n) is 4.90. The van der Waals surface area contributed by atoms with Crippen molar-refractivity contribution < 1.29 is 22.7 Å². The molecule has 0 spiro atoms. The van der Waals surface area contributed by atoms with Crippen LogP contribution in [-0.4, -0.2) is 12.6 Å². The quantitative estimate of drug-likeness (QED) is 0.585. The molecule has 0 heterocycles. The summed E-state index contributed by atoms with van der Waals surface area (Å²) in [6, 6.07) is 3.53. The van der Waals surface area contributed by atoms with E-state index in [9.17, 15) is 18.0 Å². The van der Waals surface area contributed by atoms with Crippen LogP contribution in [0.5, 0.6) is 0 Å². The van der Waals surface area contributed by atoms with Gasteiger partial charge in [0, 0.05) is 16.0 Å². The summed E-state index contributed by atoms with van der Waals surface area (Å²) >= 11 is 2.95. The summed E-state index contributed by atoms with van der Waals surface area (Å²) in [5, 5.41) is 0. The van der Waals surface area contributed by atoms with Gasteiger partial charge in [-0.15, -0.1) is 0 Å². The lowest BCUT2D eigenvalue weighted by Gasteiger charge is -2.09. The third kappa shape index (κ3) is 4.08.